The number of nitrogens with zero attached hydrogens (tertiary/aromatic N) is 1. The number of aliphatic carboxylic acids is 1. The van der Waals surface area contributed by atoms with Gasteiger partial charge in [-0.25, -0.2) is 0 Å². The SMILES string of the molecule is CC(NC(=O)C1CCCN1C(=O)C(CS)NC(=O)C1CCCN1)C(=O)O. The summed E-state index contributed by atoms with van der Waals surface area (Å²) >= 11 is 4.17. The first-order valence-electron chi connectivity index (χ1n) is 8.83. The van der Waals surface area contributed by atoms with Crippen molar-refractivity contribution in [2.45, 2.75) is 56.8 Å². The second kappa shape index (κ2) is 9.22. The largest absolute Gasteiger partial charge is 0.480 e. The topological polar surface area (TPSA) is 128 Å². The van der Waals surface area contributed by atoms with Crippen LogP contribution in [0.25, 0.3) is 0 Å². The van der Waals surface area contributed by atoms with Gasteiger partial charge in [0.15, 0.2) is 0 Å². The molecule has 9 nitrogen and oxygen atoms in total. The van der Waals surface area contributed by atoms with E-state index in [-0.39, 0.29) is 23.6 Å². The number of amides is 3. The minimum absolute atomic E-state index is 0.119. The fourth-order valence-corrected chi connectivity index (χ4v) is 3.49. The summed E-state index contributed by atoms with van der Waals surface area (Å²) in [5.41, 5.74) is 0. The van der Waals surface area contributed by atoms with Crippen molar-refractivity contribution in [3.05, 3.63) is 0 Å². The lowest BCUT2D eigenvalue weighted by Crippen LogP contribution is -2.57. The molecular formula is C16H26N4O5S. The predicted molar refractivity (Wildman–Crippen MR) is 96.8 cm³/mol. The molecule has 0 spiro atoms. The highest BCUT2D eigenvalue weighted by Crippen LogP contribution is 2.19. The summed E-state index contributed by atoms with van der Waals surface area (Å²) in [5.74, 6) is -2.12. The predicted octanol–water partition coefficient (Wildman–Crippen LogP) is -1.27. The minimum Gasteiger partial charge on any atom is -0.480 e. The van der Waals surface area contributed by atoms with E-state index in [0.717, 1.165) is 19.4 Å². The molecule has 0 aromatic carbocycles. The molecule has 146 valence electrons. The molecule has 4 atom stereocenters. The molecule has 2 fully saturated rings. The molecule has 0 radical (unpaired) electrons. The van der Waals surface area contributed by atoms with Crippen molar-refractivity contribution in [2.24, 2.45) is 0 Å². The second-order valence-corrected chi connectivity index (χ2v) is 7.02. The first kappa shape index (κ1) is 20.5. The Hall–Kier alpha value is -1.81. The molecule has 4 unspecified atom stereocenters. The molecular weight excluding hydrogens is 360 g/mol. The number of carboxylic acid groups (broad SMARTS) is 1. The summed E-state index contributed by atoms with van der Waals surface area (Å²) in [6, 6.07) is -2.89. The standard InChI is InChI=1S/C16H26N4O5S/c1-9(16(24)25)18-14(22)12-5-3-7-20(12)15(23)11(8-26)19-13(21)10-4-2-6-17-10/h9-12,17,26H,2-8H2,1H3,(H,18,22)(H,19,21)(H,24,25). The van der Waals surface area contributed by atoms with Gasteiger partial charge in [0.25, 0.3) is 0 Å². The molecule has 0 bridgehead atoms. The van der Waals surface area contributed by atoms with Crippen LogP contribution in [0, 0.1) is 0 Å². The van der Waals surface area contributed by atoms with Crippen LogP contribution in [-0.4, -0.2) is 76.7 Å². The van der Waals surface area contributed by atoms with Gasteiger partial charge in [-0.2, -0.15) is 12.6 Å². The maximum atomic E-state index is 12.8. The number of carbonyl (C=O) groups is 4. The number of carboxylic acids is 1. The lowest BCUT2D eigenvalue weighted by atomic mass is 10.1. The van der Waals surface area contributed by atoms with Gasteiger partial charge in [-0.3, -0.25) is 19.2 Å². The normalized spacial score (nSPS) is 24.8. The molecule has 2 saturated heterocycles. The third-order valence-corrected chi connectivity index (χ3v) is 5.11. The Kier molecular flexibility index (Phi) is 7.27. The average Bonchev–Trinajstić information content (AvgIpc) is 3.29. The number of rotatable bonds is 7. The lowest BCUT2D eigenvalue weighted by Gasteiger charge is -2.29. The van der Waals surface area contributed by atoms with E-state index in [2.05, 4.69) is 28.6 Å². The molecule has 2 heterocycles. The Morgan fingerprint density at radius 2 is 1.92 bits per heavy atom. The third-order valence-electron chi connectivity index (χ3n) is 4.74. The zero-order valence-electron chi connectivity index (χ0n) is 14.7. The molecule has 10 heteroatoms. The van der Waals surface area contributed by atoms with Crippen molar-refractivity contribution in [3.8, 4) is 0 Å². The van der Waals surface area contributed by atoms with Crippen LogP contribution >= 0.6 is 12.6 Å². The van der Waals surface area contributed by atoms with Crippen LogP contribution in [0.1, 0.15) is 32.6 Å². The van der Waals surface area contributed by atoms with Crippen molar-refractivity contribution in [2.75, 3.05) is 18.8 Å². The van der Waals surface area contributed by atoms with Crippen molar-refractivity contribution in [1.82, 2.24) is 20.9 Å². The number of nitrogens with one attached hydrogen (secondary N) is 3. The van der Waals surface area contributed by atoms with Crippen LogP contribution in [-0.2, 0) is 19.2 Å². The van der Waals surface area contributed by atoms with E-state index >= 15 is 0 Å². The van der Waals surface area contributed by atoms with E-state index in [0.29, 0.717) is 19.4 Å². The van der Waals surface area contributed by atoms with Crippen molar-refractivity contribution in [3.63, 3.8) is 0 Å². The Balaban J connectivity index is 1.99. The number of thiol groups is 1. The fraction of sp³-hybridized carbons (Fsp3) is 0.750. The Morgan fingerprint density at radius 3 is 2.50 bits per heavy atom. The lowest BCUT2D eigenvalue weighted by molar-refractivity contribution is -0.144. The van der Waals surface area contributed by atoms with Gasteiger partial charge in [-0.15, -0.1) is 0 Å². The zero-order chi connectivity index (χ0) is 19.3. The average molecular weight is 386 g/mol. The summed E-state index contributed by atoms with van der Waals surface area (Å²) in [6.07, 6.45) is 2.73. The smallest absolute Gasteiger partial charge is 0.325 e. The van der Waals surface area contributed by atoms with Gasteiger partial charge < -0.3 is 26.0 Å². The second-order valence-electron chi connectivity index (χ2n) is 6.65. The zero-order valence-corrected chi connectivity index (χ0v) is 15.6. The Morgan fingerprint density at radius 1 is 1.19 bits per heavy atom. The van der Waals surface area contributed by atoms with E-state index in [4.69, 9.17) is 5.11 Å². The first-order valence-corrected chi connectivity index (χ1v) is 9.46. The highest BCUT2D eigenvalue weighted by atomic mass is 32.1. The maximum absolute atomic E-state index is 12.8. The quantitative estimate of drug-likeness (QED) is 0.347. The molecule has 4 N–H and O–H groups in total. The Labute approximate surface area is 157 Å². The van der Waals surface area contributed by atoms with Gasteiger partial charge >= 0.3 is 5.97 Å². The van der Waals surface area contributed by atoms with Crippen LogP contribution < -0.4 is 16.0 Å². The van der Waals surface area contributed by atoms with E-state index in [9.17, 15) is 19.2 Å². The van der Waals surface area contributed by atoms with Gasteiger partial charge in [-0.05, 0) is 39.2 Å². The molecule has 2 aliphatic rings. The summed E-state index contributed by atoms with van der Waals surface area (Å²) < 4.78 is 0. The summed E-state index contributed by atoms with van der Waals surface area (Å²) in [7, 11) is 0. The maximum Gasteiger partial charge on any atom is 0.325 e. The number of hydrogen-bond donors (Lipinski definition) is 5. The van der Waals surface area contributed by atoms with Gasteiger partial charge in [0.05, 0.1) is 6.04 Å². The van der Waals surface area contributed by atoms with E-state index in [1.165, 1.54) is 11.8 Å². The molecule has 0 aromatic rings. The number of hydrogen-bond acceptors (Lipinski definition) is 6. The third kappa shape index (κ3) is 4.88. The number of carbonyl (C=O) groups excluding carboxylic acids is 3. The molecule has 26 heavy (non-hydrogen) atoms. The van der Waals surface area contributed by atoms with Gasteiger partial charge in [0.2, 0.25) is 17.7 Å². The van der Waals surface area contributed by atoms with E-state index in [1.54, 1.807) is 0 Å². The van der Waals surface area contributed by atoms with Crippen LogP contribution in [0.3, 0.4) is 0 Å². The van der Waals surface area contributed by atoms with Crippen molar-refractivity contribution < 1.29 is 24.3 Å². The molecule has 2 rings (SSSR count). The van der Waals surface area contributed by atoms with Gasteiger partial charge in [0.1, 0.15) is 18.1 Å². The summed E-state index contributed by atoms with van der Waals surface area (Å²) in [6.45, 7) is 2.53. The van der Waals surface area contributed by atoms with E-state index in [1.807, 2.05) is 0 Å². The molecule has 3 amide bonds. The van der Waals surface area contributed by atoms with Crippen molar-refractivity contribution in [1.29, 1.82) is 0 Å². The summed E-state index contributed by atoms with van der Waals surface area (Å²) in [5, 5.41) is 17.1. The Bertz CT molecular complexity index is 567. The minimum atomic E-state index is -1.14. The van der Waals surface area contributed by atoms with Gasteiger partial charge in [-0.1, -0.05) is 0 Å². The molecule has 0 aromatic heterocycles. The van der Waals surface area contributed by atoms with E-state index < -0.39 is 30.0 Å². The van der Waals surface area contributed by atoms with Gasteiger partial charge in [0, 0.05) is 12.3 Å². The summed E-state index contributed by atoms with van der Waals surface area (Å²) in [4.78, 5) is 49.7. The monoisotopic (exact) mass is 386 g/mol. The highest BCUT2D eigenvalue weighted by Gasteiger charge is 2.38. The van der Waals surface area contributed by atoms with Crippen molar-refractivity contribution >= 4 is 36.3 Å². The first-order chi connectivity index (χ1) is 12.3. The van der Waals surface area contributed by atoms with Crippen LogP contribution in [0.2, 0.25) is 0 Å². The highest BCUT2D eigenvalue weighted by molar-refractivity contribution is 7.80. The van der Waals surface area contributed by atoms with Crippen LogP contribution in [0.4, 0.5) is 0 Å². The fourth-order valence-electron chi connectivity index (χ4n) is 3.24. The molecule has 2 aliphatic heterocycles. The number of likely N-dealkylation sites (tertiary alicyclic amines) is 1. The molecule has 0 aliphatic carbocycles. The molecule has 0 saturated carbocycles. The van der Waals surface area contributed by atoms with Crippen LogP contribution in [0.15, 0.2) is 0 Å². The van der Waals surface area contributed by atoms with Crippen LogP contribution in [0.5, 0.6) is 0 Å².